The zero-order valence-corrected chi connectivity index (χ0v) is 11.4. The van der Waals surface area contributed by atoms with Crippen molar-refractivity contribution in [3.63, 3.8) is 0 Å². The van der Waals surface area contributed by atoms with Crippen molar-refractivity contribution in [1.29, 1.82) is 0 Å². The fourth-order valence-electron chi connectivity index (χ4n) is 0.922. The third-order valence-electron chi connectivity index (χ3n) is 1.60. The van der Waals surface area contributed by atoms with Gasteiger partial charge in [0.25, 0.3) is 0 Å². The van der Waals surface area contributed by atoms with Crippen molar-refractivity contribution >= 4 is 37.8 Å². The molecular formula is C11H10Br2O2. The van der Waals surface area contributed by atoms with Gasteiger partial charge in [-0.2, -0.15) is 0 Å². The van der Waals surface area contributed by atoms with E-state index in [0.717, 1.165) is 10.0 Å². The minimum absolute atomic E-state index is 0.251. The average molecular weight is 334 g/mol. The number of carbonyl (C=O) groups is 1. The van der Waals surface area contributed by atoms with Crippen LogP contribution in [0.4, 0.5) is 0 Å². The second-order valence-corrected chi connectivity index (χ2v) is 4.93. The molecule has 0 atom stereocenters. The number of hydrogen-bond acceptors (Lipinski definition) is 2. The molecule has 0 amide bonds. The highest BCUT2D eigenvalue weighted by Gasteiger charge is 2.11. The van der Waals surface area contributed by atoms with Crippen LogP contribution >= 0.6 is 31.9 Å². The Balaban J connectivity index is 2.78. The van der Waals surface area contributed by atoms with E-state index in [0.29, 0.717) is 10.0 Å². The van der Waals surface area contributed by atoms with Crippen LogP contribution in [0.1, 0.15) is 17.3 Å². The van der Waals surface area contributed by atoms with E-state index >= 15 is 0 Å². The summed E-state index contributed by atoms with van der Waals surface area (Å²) in [6, 6.07) is 5.30. The number of carbonyl (C=O) groups excluding carboxylic acids is 1. The summed E-state index contributed by atoms with van der Waals surface area (Å²) in [7, 11) is 0. The molecule has 1 aromatic carbocycles. The van der Waals surface area contributed by atoms with Crippen LogP contribution in [0.3, 0.4) is 0 Å². The SMILES string of the molecule is C=C(C)COC(=O)c1ccc(Br)cc1Br. The van der Waals surface area contributed by atoms with Crippen molar-refractivity contribution in [2.45, 2.75) is 6.92 Å². The Morgan fingerprint density at radius 1 is 1.47 bits per heavy atom. The highest BCUT2D eigenvalue weighted by Crippen LogP contribution is 2.22. The molecule has 0 radical (unpaired) electrons. The Bertz CT molecular complexity index is 400. The highest BCUT2D eigenvalue weighted by molar-refractivity contribution is 9.11. The number of halogens is 2. The van der Waals surface area contributed by atoms with Crippen LogP contribution in [0.25, 0.3) is 0 Å². The topological polar surface area (TPSA) is 26.3 Å². The van der Waals surface area contributed by atoms with Gasteiger partial charge >= 0.3 is 5.97 Å². The molecule has 1 rings (SSSR count). The number of esters is 1. The van der Waals surface area contributed by atoms with E-state index in [1.807, 2.05) is 6.92 Å². The Hall–Kier alpha value is -0.610. The lowest BCUT2D eigenvalue weighted by Crippen LogP contribution is -2.07. The molecule has 0 N–H and O–H groups in total. The second-order valence-electron chi connectivity index (χ2n) is 3.16. The molecule has 4 heteroatoms. The van der Waals surface area contributed by atoms with E-state index in [4.69, 9.17) is 4.74 Å². The van der Waals surface area contributed by atoms with E-state index < -0.39 is 0 Å². The molecule has 15 heavy (non-hydrogen) atoms. The van der Waals surface area contributed by atoms with Crippen LogP contribution in [0.2, 0.25) is 0 Å². The lowest BCUT2D eigenvalue weighted by atomic mass is 10.2. The van der Waals surface area contributed by atoms with Crippen LogP contribution < -0.4 is 0 Å². The standard InChI is InChI=1S/C11H10Br2O2/c1-7(2)6-15-11(14)9-4-3-8(12)5-10(9)13/h3-5H,1,6H2,2H3. The molecule has 0 fully saturated rings. The normalized spacial score (nSPS) is 9.80. The van der Waals surface area contributed by atoms with Gasteiger partial charge in [-0.3, -0.25) is 0 Å². The third kappa shape index (κ3) is 3.80. The molecule has 0 aromatic heterocycles. The summed E-state index contributed by atoms with van der Waals surface area (Å²) in [5.41, 5.74) is 1.33. The fraction of sp³-hybridized carbons (Fsp3) is 0.182. The van der Waals surface area contributed by atoms with Gasteiger partial charge in [0.05, 0.1) is 5.56 Å². The molecule has 0 bridgehead atoms. The van der Waals surface area contributed by atoms with Crippen molar-refractivity contribution in [2.75, 3.05) is 6.61 Å². The van der Waals surface area contributed by atoms with E-state index in [1.165, 1.54) is 0 Å². The summed E-state index contributed by atoms with van der Waals surface area (Å²) in [4.78, 5) is 11.6. The van der Waals surface area contributed by atoms with Gasteiger partial charge in [0.15, 0.2) is 0 Å². The van der Waals surface area contributed by atoms with E-state index in [-0.39, 0.29) is 12.6 Å². The maximum atomic E-state index is 11.6. The third-order valence-corrected chi connectivity index (χ3v) is 2.75. The molecule has 0 unspecified atom stereocenters. The zero-order chi connectivity index (χ0) is 11.4. The Morgan fingerprint density at radius 2 is 2.13 bits per heavy atom. The van der Waals surface area contributed by atoms with Crippen LogP contribution in [-0.4, -0.2) is 12.6 Å². The Labute approximate surface area is 106 Å². The minimum Gasteiger partial charge on any atom is -0.458 e. The van der Waals surface area contributed by atoms with Gasteiger partial charge in [0, 0.05) is 8.95 Å². The molecule has 1 aromatic rings. The second kappa shape index (κ2) is 5.47. The summed E-state index contributed by atoms with van der Waals surface area (Å²) in [5, 5.41) is 0. The monoisotopic (exact) mass is 332 g/mol. The van der Waals surface area contributed by atoms with Crippen molar-refractivity contribution in [3.05, 3.63) is 44.9 Å². The summed E-state index contributed by atoms with van der Waals surface area (Å²) in [6.07, 6.45) is 0. The molecule has 0 heterocycles. The minimum atomic E-state index is -0.350. The van der Waals surface area contributed by atoms with E-state index in [1.54, 1.807) is 18.2 Å². The van der Waals surface area contributed by atoms with Crippen LogP contribution in [0.15, 0.2) is 39.3 Å². The maximum Gasteiger partial charge on any atom is 0.339 e. The molecule has 2 nitrogen and oxygen atoms in total. The first kappa shape index (κ1) is 12.5. The first-order valence-electron chi connectivity index (χ1n) is 4.27. The highest BCUT2D eigenvalue weighted by atomic mass is 79.9. The summed E-state index contributed by atoms with van der Waals surface area (Å²) in [6.45, 7) is 5.72. The molecular weight excluding hydrogens is 324 g/mol. The smallest absolute Gasteiger partial charge is 0.339 e. The summed E-state index contributed by atoms with van der Waals surface area (Å²) in [5.74, 6) is -0.350. The molecule has 0 saturated heterocycles. The van der Waals surface area contributed by atoms with E-state index in [2.05, 4.69) is 38.4 Å². The molecule has 80 valence electrons. The van der Waals surface area contributed by atoms with Crippen LogP contribution in [0, 0.1) is 0 Å². The van der Waals surface area contributed by atoms with Crippen molar-refractivity contribution in [1.82, 2.24) is 0 Å². The molecule has 0 aliphatic heterocycles. The zero-order valence-electron chi connectivity index (χ0n) is 8.22. The molecule has 0 saturated carbocycles. The lowest BCUT2D eigenvalue weighted by molar-refractivity contribution is 0.0539. The quantitative estimate of drug-likeness (QED) is 0.618. The van der Waals surface area contributed by atoms with Crippen molar-refractivity contribution in [2.24, 2.45) is 0 Å². The van der Waals surface area contributed by atoms with E-state index in [9.17, 15) is 4.79 Å². The van der Waals surface area contributed by atoms with Crippen LogP contribution in [-0.2, 0) is 4.74 Å². The number of hydrogen-bond donors (Lipinski definition) is 0. The average Bonchev–Trinajstić information content (AvgIpc) is 2.14. The summed E-state index contributed by atoms with van der Waals surface area (Å²) >= 11 is 6.61. The van der Waals surface area contributed by atoms with Gasteiger partial charge in [-0.15, -0.1) is 0 Å². The van der Waals surface area contributed by atoms with Gasteiger partial charge < -0.3 is 4.74 Å². The van der Waals surface area contributed by atoms with Crippen molar-refractivity contribution in [3.8, 4) is 0 Å². The van der Waals surface area contributed by atoms with Crippen molar-refractivity contribution < 1.29 is 9.53 Å². The van der Waals surface area contributed by atoms with Gasteiger partial charge in [-0.25, -0.2) is 4.79 Å². The first-order chi connectivity index (χ1) is 7.00. The lowest BCUT2D eigenvalue weighted by Gasteiger charge is -2.06. The largest absolute Gasteiger partial charge is 0.458 e. The predicted octanol–water partition coefficient (Wildman–Crippen LogP) is 3.94. The van der Waals surface area contributed by atoms with Crippen LogP contribution in [0.5, 0.6) is 0 Å². The predicted molar refractivity (Wildman–Crippen MR) is 66.9 cm³/mol. The van der Waals surface area contributed by atoms with Gasteiger partial charge in [0.2, 0.25) is 0 Å². The van der Waals surface area contributed by atoms with Gasteiger partial charge in [-0.1, -0.05) is 22.5 Å². The number of ether oxygens (including phenoxy) is 1. The van der Waals surface area contributed by atoms with Gasteiger partial charge in [-0.05, 0) is 46.6 Å². The molecule has 0 aliphatic carbocycles. The Morgan fingerprint density at radius 3 is 2.67 bits per heavy atom. The fourth-order valence-corrected chi connectivity index (χ4v) is 2.13. The maximum absolute atomic E-state index is 11.6. The van der Waals surface area contributed by atoms with Gasteiger partial charge in [0.1, 0.15) is 6.61 Å². The number of rotatable bonds is 3. The molecule has 0 spiro atoms. The Kier molecular flexibility index (Phi) is 4.54. The molecule has 0 aliphatic rings. The summed E-state index contributed by atoms with van der Waals surface area (Å²) < 4.78 is 6.65. The first-order valence-corrected chi connectivity index (χ1v) is 5.86. The number of benzene rings is 1.